The first-order valence-corrected chi connectivity index (χ1v) is 7.90. The van der Waals surface area contributed by atoms with Crippen molar-refractivity contribution in [1.82, 2.24) is 5.32 Å². The molecule has 0 atom stereocenters. The lowest BCUT2D eigenvalue weighted by Crippen LogP contribution is -2.45. The van der Waals surface area contributed by atoms with Crippen LogP contribution in [0.1, 0.15) is 40.0 Å². The van der Waals surface area contributed by atoms with Gasteiger partial charge in [-0.1, -0.05) is 6.92 Å². The van der Waals surface area contributed by atoms with Gasteiger partial charge in [0.15, 0.2) is 0 Å². The second kappa shape index (κ2) is 6.83. The van der Waals surface area contributed by atoms with Crippen LogP contribution in [0.4, 0.5) is 11.4 Å². The van der Waals surface area contributed by atoms with Crippen LogP contribution in [0.2, 0.25) is 0 Å². The van der Waals surface area contributed by atoms with Crippen molar-refractivity contribution in [3.05, 3.63) is 24.3 Å². The Balaban J connectivity index is 1.82. The number of hydrogen-bond donors (Lipinski definition) is 2. The number of nitrogens with one attached hydrogen (secondary N) is 2. The Labute approximate surface area is 127 Å². The summed E-state index contributed by atoms with van der Waals surface area (Å²) in [5.74, 6) is 0.0328. The maximum Gasteiger partial charge on any atom is 0.239 e. The average molecular weight is 289 g/mol. The molecular formula is C17H27N3O. The molecule has 0 unspecified atom stereocenters. The minimum Gasteiger partial charge on any atom is -0.376 e. The van der Waals surface area contributed by atoms with Gasteiger partial charge < -0.3 is 15.5 Å². The Morgan fingerprint density at radius 2 is 1.81 bits per heavy atom. The first kappa shape index (κ1) is 15.7. The van der Waals surface area contributed by atoms with Crippen LogP contribution in [0, 0.1) is 0 Å². The van der Waals surface area contributed by atoms with Crippen molar-refractivity contribution in [2.24, 2.45) is 0 Å². The minimum absolute atomic E-state index is 0.0328. The van der Waals surface area contributed by atoms with Crippen LogP contribution < -0.4 is 15.5 Å². The third-order valence-corrected chi connectivity index (χ3v) is 4.15. The summed E-state index contributed by atoms with van der Waals surface area (Å²) < 4.78 is 0. The highest BCUT2D eigenvalue weighted by molar-refractivity contribution is 5.81. The van der Waals surface area contributed by atoms with E-state index in [1.165, 1.54) is 18.5 Å². The number of anilines is 2. The molecule has 1 amide bonds. The van der Waals surface area contributed by atoms with Crippen molar-refractivity contribution in [3.63, 3.8) is 0 Å². The van der Waals surface area contributed by atoms with Crippen molar-refractivity contribution in [2.45, 2.75) is 45.6 Å². The minimum atomic E-state index is -0.141. The molecule has 1 fully saturated rings. The van der Waals surface area contributed by atoms with E-state index in [4.69, 9.17) is 0 Å². The molecule has 2 rings (SSSR count). The predicted octanol–water partition coefficient (Wildman–Crippen LogP) is 3.00. The van der Waals surface area contributed by atoms with Crippen LogP contribution in [0.15, 0.2) is 24.3 Å². The summed E-state index contributed by atoms with van der Waals surface area (Å²) in [5.41, 5.74) is 2.12. The normalized spacial score (nSPS) is 15.1. The molecule has 1 aromatic carbocycles. The van der Waals surface area contributed by atoms with Crippen LogP contribution in [0.5, 0.6) is 0 Å². The molecule has 116 valence electrons. The Kier molecular flexibility index (Phi) is 5.10. The Bertz CT molecular complexity index is 461. The molecule has 21 heavy (non-hydrogen) atoms. The fraction of sp³-hybridized carbons (Fsp3) is 0.588. The number of carbonyl (C=O) groups is 1. The summed E-state index contributed by atoms with van der Waals surface area (Å²) in [6.07, 6.45) is 3.49. The van der Waals surface area contributed by atoms with Crippen molar-refractivity contribution in [3.8, 4) is 0 Å². The Morgan fingerprint density at radius 1 is 1.19 bits per heavy atom. The summed E-state index contributed by atoms with van der Waals surface area (Å²) in [4.78, 5) is 14.3. The number of amides is 1. The van der Waals surface area contributed by atoms with Gasteiger partial charge in [0.1, 0.15) is 0 Å². The van der Waals surface area contributed by atoms with Crippen molar-refractivity contribution >= 4 is 17.3 Å². The SMILES string of the molecule is CCC(C)(C)NC(=O)CNc1ccc(N2CCCC2)cc1. The average Bonchev–Trinajstić information content (AvgIpc) is 2.99. The quantitative estimate of drug-likeness (QED) is 0.846. The molecule has 1 saturated heterocycles. The first-order chi connectivity index (χ1) is 10.00. The van der Waals surface area contributed by atoms with Crippen LogP contribution in [-0.4, -0.2) is 31.1 Å². The lowest BCUT2D eigenvalue weighted by molar-refractivity contribution is -0.121. The molecule has 2 N–H and O–H groups in total. The zero-order chi connectivity index (χ0) is 15.3. The summed E-state index contributed by atoms with van der Waals surface area (Å²) in [7, 11) is 0. The highest BCUT2D eigenvalue weighted by atomic mass is 16.2. The van der Waals surface area contributed by atoms with Gasteiger partial charge in [0.2, 0.25) is 5.91 Å². The third-order valence-electron chi connectivity index (χ3n) is 4.15. The molecule has 4 heteroatoms. The van der Waals surface area contributed by atoms with Gasteiger partial charge in [-0.3, -0.25) is 4.79 Å². The Morgan fingerprint density at radius 3 is 2.38 bits per heavy atom. The summed E-state index contributed by atoms with van der Waals surface area (Å²) in [5, 5.41) is 6.20. The lowest BCUT2D eigenvalue weighted by Gasteiger charge is -2.24. The van der Waals surface area contributed by atoms with E-state index in [9.17, 15) is 4.79 Å². The van der Waals surface area contributed by atoms with Gasteiger partial charge in [0.05, 0.1) is 6.54 Å². The highest BCUT2D eigenvalue weighted by Gasteiger charge is 2.17. The number of benzene rings is 1. The van der Waals surface area contributed by atoms with Gasteiger partial charge in [0, 0.05) is 30.0 Å². The Hall–Kier alpha value is -1.71. The zero-order valence-electron chi connectivity index (χ0n) is 13.4. The standard InChI is InChI=1S/C17H27N3O/c1-4-17(2,3)19-16(21)13-18-14-7-9-15(10-8-14)20-11-5-6-12-20/h7-10,18H,4-6,11-13H2,1-3H3,(H,19,21). The van der Waals surface area contributed by atoms with Crippen LogP contribution in [-0.2, 0) is 4.79 Å². The van der Waals surface area contributed by atoms with Crippen LogP contribution in [0.25, 0.3) is 0 Å². The maximum atomic E-state index is 11.9. The smallest absolute Gasteiger partial charge is 0.239 e. The van der Waals surface area contributed by atoms with E-state index in [1.807, 2.05) is 26.0 Å². The molecule has 4 nitrogen and oxygen atoms in total. The monoisotopic (exact) mass is 289 g/mol. The summed E-state index contributed by atoms with van der Waals surface area (Å²) in [6.45, 7) is 8.77. The number of rotatable bonds is 6. The molecule has 1 heterocycles. The van der Waals surface area contributed by atoms with Crippen molar-refractivity contribution in [1.29, 1.82) is 0 Å². The molecule has 1 aliphatic heterocycles. The molecule has 0 aliphatic carbocycles. The fourth-order valence-electron chi connectivity index (χ4n) is 2.46. The number of hydrogen-bond acceptors (Lipinski definition) is 3. The third kappa shape index (κ3) is 4.66. The van der Waals surface area contributed by atoms with E-state index >= 15 is 0 Å². The van der Waals surface area contributed by atoms with Gasteiger partial charge in [-0.05, 0) is 57.4 Å². The van der Waals surface area contributed by atoms with Gasteiger partial charge >= 0.3 is 0 Å². The van der Waals surface area contributed by atoms with Crippen LogP contribution in [0.3, 0.4) is 0 Å². The van der Waals surface area contributed by atoms with Gasteiger partial charge in [0.25, 0.3) is 0 Å². The zero-order valence-corrected chi connectivity index (χ0v) is 13.4. The van der Waals surface area contributed by atoms with E-state index < -0.39 is 0 Å². The van der Waals surface area contributed by atoms with Crippen LogP contribution >= 0.6 is 0 Å². The van der Waals surface area contributed by atoms with Gasteiger partial charge in [-0.25, -0.2) is 0 Å². The molecule has 0 radical (unpaired) electrons. The van der Waals surface area contributed by atoms with Gasteiger partial charge in [-0.2, -0.15) is 0 Å². The topological polar surface area (TPSA) is 44.4 Å². The highest BCUT2D eigenvalue weighted by Crippen LogP contribution is 2.21. The summed E-state index contributed by atoms with van der Waals surface area (Å²) in [6, 6.07) is 8.35. The largest absolute Gasteiger partial charge is 0.376 e. The molecule has 0 spiro atoms. The van der Waals surface area contributed by atoms with E-state index in [2.05, 4.69) is 34.6 Å². The summed E-state index contributed by atoms with van der Waals surface area (Å²) >= 11 is 0. The molecule has 1 aromatic rings. The fourth-order valence-corrected chi connectivity index (χ4v) is 2.46. The van der Waals surface area contributed by atoms with E-state index in [1.54, 1.807) is 0 Å². The molecule has 0 bridgehead atoms. The van der Waals surface area contributed by atoms with E-state index in [0.29, 0.717) is 6.54 Å². The van der Waals surface area contributed by atoms with E-state index in [0.717, 1.165) is 25.2 Å². The van der Waals surface area contributed by atoms with Crippen molar-refractivity contribution in [2.75, 3.05) is 29.9 Å². The number of nitrogens with zero attached hydrogens (tertiary/aromatic N) is 1. The first-order valence-electron chi connectivity index (χ1n) is 7.90. The second-order valence-corrected chi connectivity index (χ2v) is 6.38. The molecular weight excluding hydrogens is 262 g/mol. The number of carbonyl (C=O) groups excluding carboxylic acids is 1. The molecule has 0 saturated carbocycles. The van der Waals surface area contributed by atoms with E-state index in [-0.39, 0.29) is 11.4 Å². The molecule has 1 aliphatic rings. The second-order valence-electron chi connectivity index (χ2n) is 6.38. The van der Waals surface area contributed by atoms with Crippen molar-refractivity contribution < 1.29 is 4.79 Å². The maximum absolute atomic E-state index is 11.9. The van der Waals surface area contributed by atoms with Gasteiger partial charge in [-0.15, -0.1) is 0 Å². The molecule has 0 aromatic heterocycles. The lowest BCUT2D eigenvalue weighted by atomic mass is 10.0. The predicted molar refractivity (Wildman–Crippen MR) is 88.9 cm³/mol.